The number of Topliss-reactive ketones (excluding diaryl/α,β-unsaturated/α-hetero) is 1. The number of hydrazone groups is 1. The molecule has 0 spiro atoms. The number of benzene rings is 3. The Morgan fingerprint density at radius 2 is 1.94 bits per heavy atom. The van der Waals surface area contributed by atoms with E-state index in [1.165, 1.54) is 24.4 Å². The topological polar surface area (TPSA) is 129 Å². The number of carbonyl (C=O) groups is 2. The smallest absolute Gasteiger partial charge is 0.271 e. The zero-order chi connectivity index (χ0) is 24.0. The predicted molar refractivity (Wildman–Crippen MR) is 128 cm³/mol. The molecule has 1 atom stereocenters. The summed E-state index contributed by atoms with van der Waals surface area (Å²) < 4.78 is 0. The average Bonchev–Trinajstić information content (AvgIpc) is 2.80. The second-order valence-corrected chi connectivity index (χ2v) is 8.31. The summed E-state index contributed by atoms with van der Waals surface area (Å²) in [7, 11) is 0. The lowest BCUT2D eigenvalue weighted by molar-refractivity contribution is -0.123. The third-order valence-electron chi connectivity index (χ3n) is 5.37. The minimum absolute atomic E-state index is 0.0731. The molecule has 0 heterocycles. The number of hydrogen-bond donors (Lipinski definition) is 3. The van der Waals surface area contributed by atoms with Gasteiger partial charge in [-0.2, -0.15) is 10.4 Å². The lowest BCUT2D eigenvalue weighted by atomic mass is 9.87. The number of nitriles is 1. The van der Waals surface area contributed by atoms with Crippen molar-refractivity contribution in [2.75, 3.05) is 0 Å². The van der Waals surface area contributed by atoms with Gasteiger partial charge >= 0.3 is 0 Å². The Labute approximate surface area is 196 Å². The van der Waals surface area contributed by atoms with Gasteiger partial charge in [0.2, 0.25) is 0 Å². The third kappa shape index (κ3) is 5.75. The van der Waals surface area contributed by atoms with Crippen molar-refractivity contribution < 1.29 is 14.7 Å². The van der Waals surface area contributed by atoms with E-state index in [1.807, 2.05) is 42.5 Å². The van der Waals surface area contributed by atoms with Gasteiger partial charge in [0, 0.05) is 24.0 Å². The molecule has 7 nitrogen and oxygen atoms in total. The number of nitrogens with zero attached hydrogens (tertiary/aromatic N) is 2. The fourth-order valence-electron chi connectivity index (χ4n) is 3.35. The van der Waals surface area contributed by atoms with Crippen LogP contribution in [-0.2, 0) is 11.2 Å². The third-order valence-corrected chi connectivity index (χ3v) is 5.67. The second-order valence-electron chi connectivity index (χ2n) is 7.90. The minimum atomic E-state index is -1.07. The summed E-state index contributed by atoms with van der Waals surface area (Å²) in [5, 5.41) is 24.1. The van der Waals surface area contributed by atoms with Gasteiger partial charge in [0.25, 0.3) is 5.91 Å². The summed E-state index contributed by atoms with van der Waals surface area (Å²) in [6.45, 7) is 1.65. The van der Waals surface area contributed by atoms with Gasteiger partial charge in [0.05, 0.1) is 22.8 Å². The van der Waals surface area contributed by atoms with Crippen molar-refractivity contribution in [1.82, 2.24) is 5.43 Å². The fourth-order valence-corrected chi connectivity index (χ4v) is 3.54. The van der Waals surface area contributed by atoms with Crippen LogP contribution in [0.4, 0.5) is 0 Å². The normalized spacial score (nSPS) is 12.9. The van der Waals surface area contributed by atoms with Crippen molar-refractivity contribution >= 4 is 40.3 Å². The number of fused-ring (bicyclic) bond motifs is 1. The summed E-state index contributed by atoms with van der Waals surface area (Å²) in [5.74, 6) is -0.717. The molecule has 0 aromatic heterocycles. The van der Waals surface area contributed by atoms with Crippen molar-refractivity contribution in [3.05, 3.63) is 76.3 Å². The van der Waals surface area contributed by atoms with Crippen LogP contribution in [0.5, 0.6) is 5.75 Å². The molecule has 0 aliphatic heterocycles. The molecular formula is C25H23ClN4O3. The highest BCUT2D eigenvalue weighted by molar-refractivity contribution is 6.32. The quantitative estimate of drug-likeness (QED) is 0.343. The first-order valence-corrected chi connectivity index (χ1v) is 10.6. The molecule has 3 aromatic carbocycles. The van der Waals surface area contributed by atoms with Crippen LogP contribution in [0.3, 0.4) is 0 Å². The zero-order valence-corrected chi connectivity index (χ0v) is 18.8. The molecule has 0 aliphatic carbocycles. The molecule has 8 heteroatoms. The van der Waals surface area contributed by atoms with E-state index in [2.05, 4.69) is 10.5 Å². The summed E-state index contributed by atoms with van der Waals surface area (Å²) >= 11 is 5.84. The Bertz CT molecular complexity index is 1280. The first-order chi connectivity index (χ1) is 15.7. The molecule has 0 aliphatic rings. The predicted octanol–water partition coefficient (Wildman–Crippen LogP) is 4.10. The number of halogens is 1. The van der Waals surface area contributed by atoms with Gasteiger partial charge in [-0.25, -0.2) is 5.43 Å². The van der Waals surface area contributed by atoms with E-state index in [0.717, 1.165) is 21.9 Å². The highest BCUT2D eigenvalue weighted by Crippen LogP contribution is 2.25. The van der Waals surface area contributed by atoms with Crippen LogP contribution in [0, 0.1) is 11.3 Å². The Balaban J connectivity index is 1.80. The maximum absolute atomic E-state index is 12.8. The SMILES string of the molecule is CC(N)(CCC#N)C(=O)Cc1ccc(/C=N/NC(=O)c2ccc(O)c(Cl)c2)c2ccccc12. The highest BCUT2D eigenvalue weighted by Gasteiger charge is 2.28. The Morgan fingerprint density at radius 1 is 1.21 bits per heavy atom. The number of phenolic OH excluding ortho intramolecular Hbond substituents is 1. The molecular weight excluding hydrogens is 440 g/mol. The molecule has 0 bridgehead atoms. The number of aromatic hydroxyl groups is 1. The van der Waals surface area contributed by atoms with Gasteiger partial charge in [-0.15, -0.1) is 0 Å². The lowest BCUT2D eigenvalue weighted by Crippen LogP contribution is -2.45. The molecule has 33 heavy (non-hydrogen) atoms. The zero-order valence-electron chi connectivity index (χ0n) is 18.0. The fraction of sp³-hybridized carbons (Fsp3) is 0.200. The largest absolute Gasteiger partial charge is 0.506 e. The van der Waals surface area contributed by atoms with E-state index in [0.29, 0.717) is 6.42 Å². The molecule has 0 fully saturated rings. The van der Waals surface area contributed by atoms with E-state index in [-0.39, 0.29) is 35.0 Å². The van der Waals surface area contributed by atoms with Gasteiger partial charge in [-0.3, -0.25) is 9.59 Å². The molecule has 1 unspecified atom stereocenters. The minimum Gasteiger partial charge on any atom is -0.506 e. The number of rotatable bonds is 8. The molecule has 0 saturated heterocycles. The first-order valence-electron chi connectivity index (χ1n) is 10.2. The molecule has 3 aromatic rings. The Morgan fingerprint density at radius 3 is 2.64 bits per heavy atom. The van der Waals surface area contributed by atoms with Crippen LogP contribution in [-0.4, -0.2) is 28.6 Å². The van der Waals surface area contributed by atoms with Gasteiger partial charge < -0.3 is 10.8 Å². The molecule has 3 rings (SSSR count). The molecule has 0 radical (unpaired) electrons. The van der Waals surface area contributed by atoms with Crippen molar-refractivity contribution in [1.29, 1.82) is 5.26 Å². The second kappa shape index (κ2) is 10.3. The van der Waals surface area contributed by atoms with Crippen molar-refractivity contribution in [3.63, 3.8) is 0 Å². The van der Waals surface area contributed by atoms with E-state index in [4.69, 9.17) is 22.6 Å². The number of carbonyl (C=O) groups excluding carboxylic acids is 2. The van der Waals surface area contributed by atoms with Gasteiger partial charge in [-0.1, -0.05) is 48.0 Å². The van der Waals surface area contributed by atoms with Crippen LogP contribution in [0.1, 0.15) is 41.3 Å². The van der Waals surface area contributed by atoms with Crippen LogP contribution in [0.15, 0.2) is 59.7 Å². The first kappa shape index (κ1) is 23.9. The Kier molecular flexibility index (Phi) is 7.44. The van der Waals surface area contributed by atoms with E-state index in [9.17, 15) is 14.7 Å². The van der Waals surface area contributed by atoms with Crippen LogP contribution in [0.2, 0.25) is 5.02 Å². The highest BCUT2D eigenvalue weighted by atomic mass is 35.5. The average molecular weight is 463 g/mol. The number of hydrogen-bond acceptors (Lipinski definition) is 6. The number of phenols is 1. The van der Waals surface area contributed by atoms with Crippen molar-refractivity contribution in [3.8, 4) is 11.8 Å². The van der Waals surface area contributed by atoms with Gasteiger partial charge in [0.15, 0.2) is 5.78 Å². The van der Waals surface area contributed by atoms with E-state index in [1.54, 1.807) is 6.92 Å². The summed E-state index contributed by atoms with van der Waals surface area (Å²) in [5.41, 5.74) is 9.35. The summed E-state index contributed by atoms with van der Waals surface area (Å²) in [6.07, 6.45) is 2.19. The van der Waals surface area contributed by atoms with E-state index >= 15 is 0 Å². The van der Waals surface area contributed by atoms with Gasteiger partial charge in [-0.05, 0) is 47.9 Å². The number of ketones is 1. The standard InChI is InChI=1S/C25H23ClN4O3/c1-25(28,11-4-12-27)23(32)14-16-7-8-18(20-6-3-2-5-19(16)20)15-29-30-24(33)17-9-10-22(31)21(26)13-17/h2-3,5-10,13,15,31H,4,11,14,28H2,1H3,(H,30,33)/b29-15+. The number of nitrogens with two attached hydrogens (primary N) is 1. The monoisotopic (exact) mass is 462 g/mol. The van der Waals surface area contributed by atoms with Crippen molar-refractivity contribution in [2.24, 2.45) is 10.8 Å². The number of nitrogens with one attached hydrogen (secondary N) is 1. The van der Waals surface area contributed by atoms with Crippen LogP contribution in [0.25, 0.3) is 10.8 Å². The maximum atomic E-state index is 12.8. The van der Waals surface area contributed by atoms with Crippen LogP contribution >= 0.6 is 11.6 Å². The van der Waals surface area contributed by atoms with E-state index < -0.39 is 11.4 Å². The van der Waals surface area contributed by atoms with Crippen molar-refractivity contribution in [2.45, 2.75) is 31.7 Å². The Hall–Kier alpha value is -3.73. The molecule has 0 saturated carbocycles. The summed E-state index contributed by atoms with van der Waals surface area (Å²) in [4.78, 5) is 25.0. The molecule has 4 N–H and O–H groups in total. The lowest BCUT2D eigenvalue weighted by Gasteiger charge is -2.22. The van der Waals surface area contributed by atoms with Gasteiger partial charge in [0.1, 0.15) is 5.75 Å². The molecule has 168 valence electrons. The summed E-state index contributed by atoms with van der Waals surface area (Å²) in [6, 6.07) is 17.4. The molecule has 1 amide bonds. The maximum Gasteiger partial charge on any atom is 0.271 e. The number of amides is 1. The van der Waals surface area contributed by atoms with Crippen LogP contribution < -0.4 is 11.2 Å².